The molecule has 7 nitrogen and oxygen atoms in total. The SMILES string of the molecule is CC[C@@H](CNc1ccc(N2CCCCC2)cc1)NC(=O)[C@H](CC(C)(C)F)N[C@@H](c1ccc(-c2ccc(S(C)(=O)=O)cc2)cc1)C(F)(F)F. The average Bonchev–Trinajstić information content (AvgIpc) is 3.04. The summed E-state index contributed by atoms with van der Waals surface area (Å²) >= 11 is 0. The van der Waals surface area contributed by atoms with Gasteiger partial charge < -0.3 is 15.5 Å². The second-order valence-electron chi connectivity index (χ2n) is 13.1. The fraction of sp³-hybridized carbons (Fsp3) is 0.472. The molecule has 1 heterocycles. The van der Waals surface area contributed by atoms with Crippen molar-refractivity contribution < 1.29 is 30.8 Å². The number of sulfone groups is 1. The molecule has 1 saturated heterocycles. The van der Waals surface area contributed by atoms with Crippen molar-refractivity contribution in [3.63, 3.8) is 0 Å². The third kappa shape index (κ3) is 10.7. The summed E-state index contributed by atoms with van der Waals surface area (Å²) in [7, 11) is -3.40. The molecule has 1 amide bonds. The van der Waals surface area contributed by atoms with Crippen LogP contribution in [-0.4, -0.2) is 64.1 Å². The van der Waals surface area contributed by atoms with Crippen LogP contribution < -0.4 is 20.9 Å². The number of hydrogen-bond acceptors (Lipinski definition) is 6. The number of hydrogen-bond donors (Lipinski definition) is 3. The maximum absolute atomic E-state index is 14.9. The topological polar surface area (TPSA) is 90.5 Å². The number of amides is 1. The van der Waals surface area contributed by atoms with E-state index in [1.165, 1.54) is 69.5 Å². The molecule has 3 aromatic carbocycles. The highest BCUT2D eigenvalue weighted by Crippen LogP contribution is 2.35. The minimum atomic E-state index is -4.79. The number of piperidine rings is 1. The van der Waals surface area contributed by atoms with Gasteiger partial charge in [0, 0.05) is 49.7 Å². The van der Waals surface area contributed by atoms with Crippen molar-refractivity contribution in [2.75, 3.05) is 36.1 Å². The normalized spacial score (nSPS) is 16.2. The predicted molar refractivity (Wildman–Crippen MR) is 184 cm³/mol. The average molecular weight is 691 g/mol. The van der Waals surface area contributed by atoms with E-state index in [4.69, 9.17) is 0 Å². The van der Waals surface area contributed by atoms with Crippen LogP contribution in [0.15, 0.2) is 77.7 Å². The van der Waals surface area contributed by atoms with Crippen molar-refractivity contribution in [3.05, 3.63) is 78.4 Å². The number of alkyl halides is 4. The lowest BCUT2D eigenvalue weighted by molar-refractivity contribution is -0.161. The standard InChI is InChI=1S/C36H46F4N4O3S/c1-5-28(24-41-29-15-17-30(18-16-29)44-21-7-6-8-22-44)42-34(45)32(23-35(2,3)37)43-33(36(38,39)40)27-11-9-25(10-12-27)26-13-19-31(20-14-26)48(4,46)47/h9-20,28,32-33,41,43H,5-8,21-24H2,1-4H3,(H,42,45)/t28-,32-,33-/m0/s1. The molecule has 3 atom stereocenters. The molecule has 1 fully saturated rings. The third-order valence-corrected chi connectivity index (χ3v) is 9.67. The van der Waals surface area contributed by atoms with Crippen LogP contribution in [0.3, 0.4) is 0 Å². The Morgan fingerprint density at radius 1 is 0.854 bits per heavy atom. The Morgan fingerprint density at radius 2 is 1.42 bits per heavy atom. The highest BCUT2D eigenvalue weighted by atomic mass is 32.2. The summed E-state index contributed by atoms with van der Waals surface area (Å²) in [4.78, 5) is 16.0. The van der Waals surface area contributed by atoms with E-state index < -0.39 is 52.1 Å². The van der Waals surface area contributed by atoms with Crippen LogP contribution in [0.25, 0.3) is 11.1 Å². The number of benzene rings is 3. The molecule has 3 aromatic rings. The Bertz CT molecular complexity index is 1580. The molecule has 1 aliphatic heterocycles. The fourth-order valence-corrected chi connectivity index (χ4v) is 6.47. The molecule has 0 saturated carbocycles. The van der Waals surface area contributed by atoms with E-state index in [-0.39, 0.29) is 10.5 Å². The van der Waals surface area contributed by atoms with Crippen LogP contribution in [0.5, 0.6) is 0 Å². The van der Waals surface area contributed by atoms with Gasteiger partial charge in [-0.2, -0.15) is 13.2 Å². The zero-order valence-corrected chi connectivity index (χ0v) is 28.7. The number of rotatable bonds is 14. The van der Waals surface area contributed by atoms with Crippen molar-refractivity contribution in [1.29, 1.82) is 0 Å². The maximum Gasteiger partial charge on any atom is 0.407 e. The second kappa shape index (κ2) is 15.7. The number of carbonyl (C=O) groups excluding carboxylic acids is 1. The maximum atomic E-state index is 14.9. The zero-order chi connectivity index (χ0) is 35.1. The van der Waals surface area contributed by atoms with E-state index in [0.717, 1.165) is 30.7 Å². The molecular formula is C36H46F4N4O3S. The molecule has 3 N–H and O–H groups in total. The summed E-state index contributed by atoms with van der Waals surface area (Å²) in [6, 6.07) is 15.5. The first-order chi connectivity index (χ1) is 22.5. The molecule has 0 spiro atoms. The molecule has 0 unspecified atom stereocenters. The molecule has 48 heavy (non-hydrogen) atoms. The third-order valence-electron chi connectivity index (χ3n) is 8.54. The molecule has 262 valence electrons. The Kier molecular flexibility index (Phi) is 12.2. The van der Waals surface area contributed by atoms with Gasteiger partial charge in [-0.1, -0.05) is 43.3 Å². The molecule has 0 aromatic heterocycles. The van der Waals surface area contributed by atoms with E-state index in [9.17, 15) is 30.8 Å². The second-order valence-corrected chi connectivity index (χ2v) is 15.1. The van der Waals surface area contributed by atoms with Crippen LogP contribution in [-0.2, 0) is 14.6 Å². The summed E-state index contributed by atoms with van der Waals surface area (Å²) in [6.45, 7) is 6.73. The summed E-state index contributed by atoms with van der Waals surface area (Å²) in [5.74, 6) is -0.716. The van der Waals surface area contributed by atoms with Crippen LogP contribution >= 0.6 is 0 Å². The Balaban J connectivity index is 1.45. The van der Waals surface area contributed by atoms with E-state index in [2.05, 4.69) is 33.0 Å². The van der Waals surface area contributed by atoms with Gasteiger partial charge in [-0.25, -0.2) is 12.8 Å². The first-order valence-electron chi connectivity index (χ1n) is 16.3. The molecule has 0 aliphatic carbocycles. The van der Waals surface area contributed by atoms with Gasteiger partial charge in [-0.15, -0.1) is 0 Å². The number of carbonyl (C=O) groups is 1. The molecule has 1 aliphatic rings. The molecule has 0 radical (unpaired) electrons. The van der Waals surface area contributed by atoms with E-state index >= 15 is 0 Å². The van der Waals surface area contributed by atoms with Gasteiger partial charge in [0.25, 0.3) is 0 Å². The molecule has 4 rings (SSSR count). The van der Waals surface area contributed by atoms with Crippen LogP contribution in [0.2, 0.25) is 0 Å². The Labute approximate surface area is 281 Å². The number of anilines is 2. The predicted octanol–water partition coefficient (Wildman–Crippen LogP) is 7.45. The van der Waals surface area contributed by atoms with Gasteiger partial charge in [0.05, 0.1) is 10.9 Å². The van der Waals surface area contributed by atoms with E-state index in [0.29, 0.717) is 24.1 Å². The van der Waals surface area contributed by atoms with Crippen molar-refractivity contribution >= 4 is 27.1 Å². The first kappa shape index (κ1) is 37.2. The van der Waals surface area contributed by atoms with Crippen LogP contribution in [0.4, 0.5) is 28.9 Å². The fourth-order valence-electron chi connectivity index (χ4n) is 5.84. The summed E-state index contributed by atoms with van der Waals surface area (Å²) in [5.41, 5.74) is 1.14. The largest absolute Gasteiger partial charge is 0.407 e. The summed E-state index contributed by atoms with van der Waals surface area (Å²) < 4.78 is 81.8. The van der Waals surface area contributed by atoms with Crippen molar-refractivity contribution in [3.8, 4) is 11.1 Å². The molecule has 0 bridgehead atoms. The van der Waals surface area contributed by atoms with Gasteiger partial charge in [0.15, 0.2) is 9.84 Å². The van der Waals surface area contributed by atoms with E-state index in [1.54, 1.807) is 12.1 Å². The molecular weight excluding hydrogens is 644 g/mol. The Hall–Kier alpha value is -3.64. The molecule has 12 heteroatoms. The first-order valence-corrected chi connectivity index (χ1v) is 18.2. The number of nitrogens with zero attached hydrogens (tertiary/aromatic N) is 1. The minimum Gasteiger partial charge on any atom is -0.383 e. The number of halogens is 4. The minimum absolute atomic E-state index is 0.132. The van der Waals surface area contributed by atoms with Gasteiger partial charge in [-0.05, 0) is 92.6 Å². The zero-order valence-electron chi connectivity index (χ0n) is 27.9. The van der Waals surface area contributed by atoms with Gasteiger partial charge in [0.2, 0.25) is 5.91 Å². The van der Waals surface area contributed by atoms with Gasteiger partial charge in [0.1, 0.15) is 11.7 Å². The van der Waals surface area contributed by atoms with Crippen molar-refractivity contribution in [2.45, 2.75) is 87.7 Å². The van der Waals surface area contributed by atoms with Gasteiger partial charge >= 0.3 is 6.18 Å². The number of nitrogens with one attached hydrogen (secondary N) is 3. The highest BCUT2D eigenvalue weighted by molar-refractivity contribution is 7.90. The monoisotopic (exact) mass is 690 g/mol. The highest BCUT2D eigenvalue weighted by Gasteiger charge is 2.44. The lowest BCUT2D eigenvalue weighted by atomic mass is 9.96. The summed E-state index contributed by atoms with van der Waals surface area (Å²) in [6.07, 6.45) is -0.0687. The van der Waals surface area contributed by atoms with Crippen LogP contribution in [0.1, 0.15) is 64.5 Å². The lowest BCUT2D eigenvalue weighted by Gasteiger charge is -2.31. The van der Waals surface area contributed by atoms with E-state index in [1.807, 2.05) is 19.1 Å². The smallest absolute Gasteiger partial charge is 0.383 e. The lowest BCUT2D eigenvalue weighted by Crippen LogP contribution is -2.53. The Morgan fingerprint density at radius 3 is 1.92 bits per heavy atom. The van der Waals surface area contributed by atoms with Crippen molar-refractivity contribution in [1.82, 2.24) is 10.6 Å². The van der Waals surface area contributed by atoms with Gasteiger partial charge in [-0.3, -0.25) is 10.1 Å². The quantitative estimate of drug-likeness (QED) is 0.152. The van der Waals surface area contributed by atoms with Crippen molar-refractivity contribution in [2.24, 2.45) is 0 Å². The summed E-state index contributed by atoms with van der Waals surface area (Å²) in [5, 5.41) is 8.55. The van der Waals surface area contributed by atoms with Crippen LogP contribution in [0, 0.1) is 0 Å².